The van der Waals surface area contributed by atoms with Crippen LogP contribution in [-0.4, -0.2) is 37.7 Å². The number of aromatic nitrogens is 4. The largest absolute Gasteiger partial charge is 0.573 e. The second kappa shape index (κ2) is 9.30. The predicted octanol–water partition coefficient (Wildman–Crippen LogP) is 4.35. The highest BCUT2D eigenvalue weighted by Gasteiger charge is 2.32. The quantitative estimate of drug-likeness (QED) is 0.458. The fraction of sp³-hybridized carbons (Fsp3) is 0.200. The molecule has 1 aliphatic rings. The summed E-state index contributed by atoms with van der Waals surface area (Å²) in [5.41, 5.74) is 3.57. The number of nitrogens with zero attached hydrogens (tertiary/aromatic N) is 4. The number of ether oxygens (including phenoxy) is 1. The minimum absolute atomic E-state index is 0.166. The molecule has 0 aliphatic carbocycles. The number of nitrogens with one attached hydrogen (secondary N) is 1. The van der Waals surface area contributed by atoms with Crippen LogP contribution in [-0.2, 0) is 19.5 Å². The van der Waals surface area contributed by atoms with Crippen molar-refractivity contribution in [2.45, 2.75) is 25.9 Å². The normalized spacial score (nSPS) is 13.9. The average molecular weight is 479 g/mol. The van der Waals surface area contributed by atoms with Crippen LogP contribution in [0.3, 0.4) is 0 Å². The first-order valence-corrected chi connectivity index (χ1v) is 10.9. The number of aromatic amines is 1. The number of hydrogen-bond donors (Lipinski definition) is 1. The van der Waals surface area contributed by atoms with Gasteiger partial charge < -0.3 is 9.72 Å². The zero-order valence-corrected chi connectivity index (χ0v) is 18.4. The van der Waals surface area contributed by atoms with E-state index in [0.29, 0.717) is 43.1 Å². The van der Waals surface area contributed by atoms with Crippen LogP contribution in [0, 0.1) is 0 Å². The zero-order chi connectivity index (χ0) is 24.4. The van der Waals surface area contributed by atoms with Gasteiger partial charge in [-0.05, 0) is 35.9 Å². The third kappa shape index (κ3) is 5.22. The molecule has 0 bridgehead atoms. The van der Waals surface area contributed by atoms with E-state index in [2.05, 4.69) is 29.6 Å². The summed E-state index contributed by atoms with van der Waals surface area (Å²) in [6.07, 6.45) is 0.775. The van der Waals surface area contributed by atoms with Crippen molar-refractivity contribution in [3.05, 3.63) is 94.3 Å². The first kappa shape index (κ1) is 22.7. The number of fused-ring (bicyclic) bond motifs is 1. The lowest BCUT2D eigenvalue weighted by molar-refractivity contribution is -0.274. The molecule has 0 radical (unpaired) electrons. The van der Waals surface area contributed by atoms with E-state index in [4.69, 9.17) is 0 Å². The number of alkyl halides is 3. The highest BCUT2D eigenvalue weighted by atomic mass is 19.4. The second-order valence-corrected chi connectivity index (χ2v) is 8.13. The molecule has 5 rings (SSSR count). The van der Waals surface area contributed by atoms with Crippen LogP contribution >= 0.6 is 0 Å². The summed E-state index contributed by atoms with van der Waals surface area (Å²) >= 11 is 0. The van der Waals surface area contributed by atoms with Crippen LogP contribution in [0.15, 0.2) is 71.9 Å². The molecule has 178 valence electrons. The Kier molecular flexibility index (Phi) is 6.04. The van der Waals surface area contributed by atoms with E-state index < -0.39 is 6.36 Å². The fourth-order valence-electron chi connectivity index (χ4n) is 4.09. The third-order valence-corrected chi connectivity index (χ3v) is 5.72. The highest BCUT2D eigenvalue weighted by molar-refractivity contribution is 5.67. The molecule has 35 heavy (non-hydrogen) atoms. The molecule has 0 amide bonds. The number of benzene rings is 1. The fourth-order valence-corrected chi connectivity index (χ4v) is 4.09. The van der Waals surface area contributed by atoms with Gasteiger partial charge in [-0.2, -0.15) is 0 Å². The van der Waals surface area contributed by atoms with Gasteiger partial charge in [-0.1, -0.05) is 18.2 Å². The molecule has 4 heterocycles. The number of pyridine rings is 2. The molecule has 7 nitrogen and oxygen atoms in total. The summed E-state index contributed by atoms with van der Waals surface area (Å²) < 4.78 is 42.3. The van der Waals surface area contributed by atoms with Gasteiger partial charge in [0.15, 0.2) is 0 Å². The summed E-state index contributed by atoms with van der Waals surface area (Å²) in [4.78, 5) is 30.7. The number of hydrogen-bond acceptors (Lipinski definition) is 6. The lowest BCUT2D eigenvalue weighted by Gasteiger charge is -2.27. The summed E-state index contributed by atoms with van der Waals surface area (Å²) in [7, 11) is 0. The smallest absolute Gasteiger partial charge is 0.405 e. The minimum Gasteiger partial charge on any atom is -0.405 e. The van der Waals surface area contributed by atoms with Gasteiger partial charge in [0.25, 0.3) is 5.56 Å². The number of para-hydroxylation sites is 1. The van der Waals surface area contributed by atoms with Crippen molar-refractivity contribution in [3.8, 4) is 28.4 Å². The predicted molar refractivity (Wildman–Crippen MR) is 122 cm³/mol. The van der Waals surface area contributed by atoms with E-state index in [-0.39, 0.29) is 16.9 Å². The average Bonchev–Trinajstić information content (AvgIpc) is 2.85. The molecule has 4 aromatic rings. The lowest BCUT2D eigenvalue weighted by atomic mass is 10.1. The van der Waals surface area contributed by atoms with Gasteiger partial charge in [0.1, 0.15) is 11.6 Å². The van der Waals surface area contributed by atoms with Gasteiger partial charge >= 0.3 is 6.36 Å². The number of rotatable bonds is 5. The maximum absolute atomic E-state index is 12.7. The van der Waals surface area contributed by atoms with Crippen molar-refractivity contribution in [1.29, 1.82) is 0 Å². The van der Waals surface area contributed by atoms with Gasteiger partial charge in [-0.3, -0.25) is 19.7 Å². The molecular weight excluding hydrogens is 459 g/mol. The molecule has 1 N–H and O–H groups in total. The summed E-state index contributed by atoms with van der Waals surface area (Å²) in [5, 5.41) is 0. The Balaban J connectivity index is 1.30. The van der Waals surface area contributed by atoms with Gasteiger partial charge in [-0.15, -0.1) is 13.2 Å². The van der Waals surface area contributed by atoms with Crippen molar-refractivity contribution < 1.29 is 17.9 Å². The summed E-state index contributed by atoms with van der Waals surface area (Å²) in [6.45, 7) is 1.69. The zero-order valence-electron chi connectivity index (χ0n) is 18.4. The van der Waals surface area contributed by atoms with Crippen molar-refractivity contribution in [1.82, 2.24) is 24.8 Å². The Hall–Kier alpha value is -4.05. The van der Waals surface area contributed by atoms with E-state index in [9.17, 15) is 18.0 Å². The monoisotopic (exact) mass is 479 g/mol. The second-order valence-electron chi connectivity index (χ2n) is 8.13. The first-order valence-electron chi connectivity index (χ1n) is 10.9. The highest BCUT2D eigenvalue weighted by Crippen LogP contribution is 2.32. The van der Waals surface area contributed by atoms with Gasteiger partial charge in [0, 0.05) is 55.8 Å². The van der Waals surface area contributed by atoms with Crippen LogP contribution < -0.4 is 10.3 Å². The SMILES string of the molecule is O=c1[nH]c(-c2ccncc2)nc2c1CN(Cc1ccc(-c3ccccc3OC(F)(F)F)nc1)CC2. The first-order chi connectivity index (χ1) is 16.9. The molecule has 1 aromatic carbocycles. The maximum Gasteiger partial charge on any atom is 0.573 e. The number of halogens is 3. The standard InChI is InChI=1S/C25H20F3N5O2/c26-25(27,28)35-22-4-2-1-3-18(22)20-6-5-16(13-30-20)14-33-12-9-21-19(15-33)24(34)32-23(31-21)17-7-10-29-11-8-17/h1-8,10-11,13H,9,12,14-15H2,(H,31,32,34). The van der Waals surface area contributed by atoms with E-state index in [1.54, 1.807) is 42.9 Å². The Labute approximate surface area is 198 Å². The van der Waals surface area contributed by atoms with Crippen LogP contribution in [0.4, 0.5) is 13.2 Å². The topological polar surface area (TPSA) is 84.0 Å². The van der Waals surface area contributed by atoms with Crippen molar-refractivity contribution in [2.75, 3.05) is 6.54 Å². The molecule has 0 unspecified atom stereocenters. The molecule has 1 aliphatic heterocycles. The number of H-pyrrole nitrogens is 1. The van der Waals surface area contributed by atoms with E-state index >= 15 is 0 Å². The molecule has 10 heteroatoms. The summed E-state index contributed by atoms with van der Waals surface area (Å²) in [6, 6.07) is 13.0. The van der Waals surface area contributed by atoms with Crippen LogP contribution in [0.1, 0.15) is 16.8 Å². The van der Waals surface area contributed by atoms with E-state index in [1.807, 2.05) is 6.07 Å². The van der Waals surface area contributed by atoms with Crippen molar-refractivity contribution >= 4 is 0 Å². The molecule has 0 fully saturated rings. The van der Waals surface area contributed by atoms with Crippen molar-refractivity contribution in [2.24, 2.45) is 0 Å². The molecular formula is C25H20F3N5O2. The van der Waals surface area contributed by atoms with Gasteiger partial charge in [-0.25, -0.2) is 4.98 Å². The molecule has 0 saturated carbocycles. The van der Waals surface area contributed by atoms with Crippen LogP contribution in [0.25, 0.3) is 22.6 Å². The Morgan fingerprint density at radius 1 is 1.06 bits per heavy atom. The van der Waals surface area contributed by atoms with Crippen molar-refractivity contribution in [3.63, 3.8) is 0 Å². The van der Waals surface area contributed by atoms with E-state index in [1.165, 1.54) is 18.2 Å². The lowest BCUT2D eigenvalue weighted by Crippen LogP contribution is -2.35. The Morgan fingerprint density at radius 2 is 1.86 bits per heavy atom. The van der Waals surface area contributed by atoms with Gasteiger partial charge in [0.05, 0.1) is 17.0 Å². The van der Waals surface area contributed by atoms with Gasteiger partial charge in [0.2, 0.25) is 0 Å². The van der Waals surface area contributed by atoms with Crippen LogP contribution in [0.5, 0.6) is 5.75 Å². The Morgan fingerprint density at radius 3 is 2.60 bits per heavy atom. The Bertz CT molecular complexity index is 1390. The maximum atomic E-state index is 12.7. The summed E-state index contributed by atoms with van der Waals surface area (Å²) in [5.74, 6) is 0.227. The molecule has 0 atom stereocenters. The minimum atomic E-state index is -4.79. The molecule has 0 saturated heterocycles. The van der Waals surface area contributed by atoms with E-state index in [0.717, 1.165) is 16.8 Å². The van der Waals surface area contributed by atoms with Crippen LogP contribution in [0.2, 0.25) is 0 Å². The third-order valence-electron chi connectivity index (χ3n) is 5.72. The molecule has 0 spiro atoms. The molecule has 3 aromatic heterocycles.